The van der Waals surface area contributed by atoms with Gasteiger partial charge in [0.25, 0.3) is 0 Å². The third-order valence-electron chi connectivity index (χ3n) is 2.77. The van der Waals surface area contributed by atoms with Gasteiger partial charge in [0.15, 0.2) is 0 Å². The Bertz CT molecular complexity index is 508. The van der Waals surface area contributed by atoms with Gasteiger partial charge in [-0.1, -0.05) is 36.4 Å². The molecule has 2 nitrogen and oxygen atoms in total. The summed E-state index contributed by atoms with van der Waals surface area (Å²) in [6.07, 6.45) is 0. The monoisotopic (exact) mass is 241 g/mol. The first-order valence-electron chi connectivity index (χ1n) is 6.20. The Labute approximate surface area is 109 Å². The number of benzene rings is 2. The van der Waals surface area contributed by atoms with E-state index in [-0.39, 0.29) is 0 Å². The van der Waals surface area contributed by atoms with E-state index in [1.165, 1.54) is 16.7 Å². The first kappa shape index (κ1) is 12.7. The zero-order chi connectivity index (χ0) is 12.8. The summed E-state index contributed by atoms with van der Waals surface area (Å²) in [6.45, 7) is 3.57. The molecule has 1 N–H and O–H groups in total. The van der Waals surface area contributed by atoms with Crippen LogP contribution in [0.1, 0.15) is 16.7 Å². The molecule has 0 fully saturated rings. The van der Waals surface area contributed by atoms with Crippen LogP contribution in [0.15, 0.2) is 48.5 Å². The quantitative estimate of drug-likeness (QED) is 0.867. The van der Waals surface area contributed by atoms with E-state index in [2.05, 4.69) is 48.6 Å². The average molecular weight is 241 g/mol. The fraction of sp³-hybridized carbons (Fsp3) is 0.250. The number of hydrogen-bond acceptors (Lipinski definition) is 2. The van der Waals surface area contributed by atoms with Gasteiger partial charge in [-0.3, -0.25) is 0 Å². The molecule has 18 heavy (non-hydrogen) atoms. The Morgan fingerprint density at radius 1 is 1.00 bits per heavy atom. The summed E-state index contributed by atoms with van der Waals surface area (Å²) in [5.41, 5.74) is 3.70. The van der Waals surface area contributed by atoms with Crippen LogP contribution in [0.5, 0.6) is 5.75 Å². The number of ether oxygens (including phenoxy) is 1. The molecule has 0 heterocycles. The molecule has 2 aromatic rings. The van der Waals surface area contributed by atoms with Gasteiger partial charge >= 0.3 is 0 Å². The summed E-state index contributed by atoms with van der Waals surface area (Å²) in [5.74, 6) is 0.925. The smallest absolute Gasteiger partial charge is 0.120 e. The van der Waals surface area contributed by atoms with Crippen molar-refractivity contribution < 1.29 is 4.74 Å². The number of hydrogen-bond donors (Lipinski definition) is 1. The Balaban J connectivity index is 1.99. The van der Waals surface area contributed by atoms with Crippen LogP contribution in [-0.2, 0) is 13.2 Å². The van der Waals surface area contributed by atoms with E-state index in [0.717, 1.165) is 12.3 Å². The van der Waals surface area contributed by atoms with Gasteiger partial charge in [-0.05, 0) is 42.8 Å². The van der Waals surface area contributed by atoms with Crippen LogP contribution in [0.3, 0.4) is 0 Å². The summed E-state index contributed by atoms with van der Waals surface area (Å²) in [5, 5.41) is 3.15. The highest BCUT2D eigenvalue weighted by molar-refractivity contribution is 5.28. The molecule has 0 aliphatic heterocycles. The lowest BCUT2D eigenvalue weighted by Gasteiger charge is -2.08. The molecule has 0 unspecified atom stereocenters. The number of aryl methyl sites for hydroxylation is 1. The second-order valence-electron chi connectivity index (χ2n) is 4.46. The molecule has 0 saturated carbocycles. The minimum Gasteiger partial charge on any atom is -0.489 e. The lowest BCUT2D eigenvalue weighted by atomic mass is 10.1. The van der Waals surface area contributed by atoms with Gasteiger partial charge in [0.05, 0.1) is 0 Å². The standard InChI is InChI=1S/C16H19NO/c1-13-5-3-8-16(9-13)18-12-15-7-4-6-14(10-15)11-17-2/h3-10,17H,11-12H2,1-2H3. The maximum atomic E-state index is 5.79. The highest BCUT2D eigenvalue weighted by Gasteiger charge is 1.98. The molecule has 0 spiro atoms. The molecule has 0 aliphatic carbocycles. The van der Waals surface area contributed by atoms with E-state index >= 15 is 0 Å². The van der Waals surface area contributed by atoms with Crippen LogP contribution in [0.4, 0.5) is 0 Å². The summed E-state index contributed by atoms with van der Waals surface area (Å²) in [4.78, 5) is 0. The average Bonchev–Trinajstić information content (AvgIpc) is 2.37. The van der Waals surface area contributed by atoms with E-state index in [0.29, 0.717) is 6.61 Å². The lowest BCUT2D eigenvalue weighted by molar-refractivity contribution is 0.306. The molecule has 0 radical (unpaired) electrons. The third-order valence-corrected chi connectivity index (χ3v) is 2.77. The summed E-state index contributed by atoms with van der Waals surface area (Å²) >= 11 is 0. The fourth-order valence-electron chi connectivity index (χ4n) is 1.91. The second kappa shape index (κ2) is 6.22. The second-order valence-corrected chi connectivity index (χ2v) is 4.46. The molecule has 0 aromatic heterocycles. The van der Waals surface area contributed by atoms with Gasteiger partial charge in [0.1, 0.15) is 12.4 Å². The van der Waals surface area contributed by atoms with E-state index in [1.807, 2.05) is 19.2 Å². The molecule has 94 valence electrons. The Morgan fingerprint density at radius 3 is 2.56 bits per heavy atom. The predicted molar refractivity (Wildman–Crippen MR) is 74.7 cm³/mol. The molecule has 2 aromatic carbocycles. The van der Waals surface area contributed by atoms with Gasteiger partial charge in [0, 0.05) is 6.54 Å². The van der Waals surface area contributed by atoms with Crippen LogP contribution in [0.25, 0.3) is 0 Å². The number of nitrogens with one attached hydrogen (secondary N) is 1. The van der Waals surface area contributed by atoms with Crippen LogP contribution >= 0.6 is 0 Å². The molecule has 0 saturated heterocycles. The van der Waals surface area contributed by atoms with Crippen LogP contribution in [-0.4, -0.2) is 7.05 Å². The molecule has 0 atom stereocenters. The van der Waals surface area contributed by atoms with Crippen LogP contribution < -0.4 is 10.1 Å². The zero-order valence-corrected chi connectivity index (χ0v) is 10.9. The van der Waals surface area contributed by atoms with E-state index < -0.39 is 0 Å². The first-order chi connectivity index (χ1) is 8.78. The van der Waals surface area contributed by atoms with E-state index in [4.69, 9.17) is 4.74 Å². The third kappa shape index (κ3) is 3.60. The highest BCUT2D eigenvalue weighted by Crippen LogP contribution is 2.15. The van der Waals surface area contributed by atoms with Crippen molar-refractivity contribution in [2.45, 2.75) is 20.1 Å². The van der Waals surface area contributed by atoms with Gasteiger partial charge in [0.2, 0.25) is 0 Å². The molecule has 2 heteroatoms. The first-order valence-corrected chi connectivity index (χ1v) is 6.20. The van der Waals surface area contributed by atoms with Crippen molar-refractivity contribution in [2.75, 3.05) is 7.05 Å². The van der Waals surface area contributed by atoms with Gasteiger partial charge < -0.3 is 10.1 Å². The van der Waals surface area contributed by atoms with Crippen molar-refractivity contribution in [2.24, 2.45) is 0 Å². The zero-order valence-electron chi connectivity index (χ0n) is 10.9. The van der Waals surface area contributed by atoms with Crippen molar-refractivity contribution >= 4 is 0 Å². The van der Waals surface area contributed by atoms with Crippen molar-refractivity contribution in [1.29, 1.82) is 0 Å². The van der Waals surface area contributed by atoms with Crippen molar-refractivity contribution in [1.82, 2.24) is 5.32 Å². The fourth-order valence-corrected chi connectivity index (χ4v) is 1.91. The highest BCUT2D eigenvalue weighted by atomic mass is 16.5. The number of rotatable bonds is 5. The molecule has 0 bridgehead atoms. The van der Waals surface area contributed by atoms with E-state index in [1.54, 1.807) is 0 Å². The van der Waals surface area contributed by atoms with Crippen LogP contribution in [0, 0.1) is 6.92 Å². The summed E-state index contributed by atoms with van der Waals surface area (Å²) < 4.78 is 5.79. The molecule has 0 amide bonds. The maximum Gasteiger partial charge on any atom is 0.120 e. The van der Waals surface area contributed by atoms with Gasteiger partial charge in [-0.25, -0.2) is 0 Å². The Morgan fingerprint density at radius 2 is 1.78 bits per heavy atom. The minimum atomic E-state index is 0.612. The molecular weight excluding hydrogens is 222 g/mol. The van der Waals surface area contributed by atoms with Crippen LogP contribution in [0.2, 0.25) is 0 Å². The van der Waals surface area contributed by atoms with Crippen molar-refractivity contribution in [3.8, 4) is 5.75 Å². The normalized spacial score (nSPS) is 10.3. The Kier molecular flexibility index (Phi) is 4.37. The lowest BCUT2D eigenvalue weighted by Crippen LogP contribution is -2.05. The predicted octanol–water partition coefficient (Wildman–Crippen LogP) is 3.29. The SMILES string of the molecule is CNCc1cccc(COc2cccc(C)c2)c1. The minimum absolute atomic E-state index is 0.612. The molecular formula is C16H19NO. The van der Waals surface area contributed by atoms with Crippen molar-refractivity contribution in [3.63, 3.8) is 0 Å². The van der Waals surface area contributed by atoms with E-state index in [9.17, 15) is 0 Å². The maximum absolute atomic E-state index is 5.79. The summed E-state index contributed by atoms with van der Waals surface area (Å²) in [7, 11) is 1.95. The largest absolute Gasteiger partial charge is 0.489 e. The van der Waals surface area contributed by atoms with Gasteiger partial charge in [-0.2, -0.15) is 0 Å². The molecule has 2 rings (SSSR count). The topological polar surface area (TPSA) is 21.3 Å². The van der Waals surface area contributed by atoms with Crippen molar-refractivity contribution in [3.05, 3.63) is 65.2 Å². The molecule has 0 aliphatic rings. The summed E-state index contributed by atoms with van der Waals surface area (Å²) in [6, 6.07) is 16.6. The Hall–Kier alpha value is -1.80. The van der Waals surface area contributed by atoms with Gasteiger partial charge in [-0.15, -0.1) is 0 Å².